The Morgan fingerprint density at radius 2 is 1.76 bits per heavy atom. The molecule has 174 valence electrons. The third kappa shape index (κ3) is 4.03. The van der Waals surface area contributed by atoms with Crippen LogP contribution in [0.5, 0.6) is 5.75 Å². The third-order valence-corrected chi connectivity index (χ3v) is 7.56. The number of anilines is 1. The lowest BCUT2D eigenvalue weighted by molar-refractivity contribution is -0.116. The molecule has 2 aromatic heterocycles. The van der Waals surface area contributed by atoms with E-state index in [0.717, 1.165) is 40.7 Å². The number of ether oxygens (including phenoxy) is 1. The van der Waals surface area contributed by atoms with Crippen LogP contribution in [0, 0.1) is 0 Å². The molecule has 1 N–H and O–H groups in total. The van der Waals surface area contributed by atoms with Crippen molar-refractivity contribution in [2.45, 2.75) is 32.2 Å². The van der Waals surface area contributed by atoms with Crippen LogP contribution in [0.15, 0.2) is 58.1 Å². The van der Waals surface area contributed by atoms with Crippen molar-refractivity contribution >= 4 is 44.7 Å². The molecule has 1 aliphatic carbocycles. The molecular formula is C25H22ClN3O4S. The first-order chi connectivity index (χ1) is 16.5. The van der Waals surface area contributed by atoms with Crippen LogP contribution < -0.4 is 21.3 Å². The van der Waals surface area contributed by atoms with Crippen LogP contribution in [-0.4, -0.2) is 22.2 Å². The number of methoxy groups -OCH3 is 1. The molecule has 7 nitrogen and oxygen atoms in total. The van der Waals surface area contributed by atoms with Crippen LogP contribution >= 0.6 is 22.9 Å². The number of hydrogen-bond donors (Lipinski definition) is 1. The van der Waals surface area contributed by atoms with Crippen molar-refractivity contribution in [1.29, 1.82) is 0 Å². The van der Waals surface area contributed by atoms with Gasteiger partial charge < -0.3 is 10.1 Å². The van der Waals surface area contributed by atoms with E-state index in [2.05, 4.69) is 5.32 Å². The fourth-order valence-corrected chi connectivity index (χ4v) is 5.84. The second-order valence-corrected chi connectivity index (χ2v) is 9.67. The average molecular weight is 496 g/mol. The quantitative estimate of drug-likeness (QED) is 0.445. The molecule has 34 heavy (non-hydrogen) atoms. The van der Waals surface area contributed by atoms with Gasteiger partial charge in [-0.3, -0.25) is 14.2 Å². The van der Waals surface area contributed by atoms with Crippen molar-refractivity contribution in [1.82, 2.24) is 9.13 Å². The lowest BCUT2D eigenvalue weighted by Gasteiger charge is -2.14. The van der Waals surface area contributed by atoms with Crippen LogP contribution in [-0.2, 0) is 24.2 Å². The second-order valence-electron chi connectivity index (χ2n) is 8.15. The molecule has 0 fully saturated rings. The highest BCUT2D eigenvalue weighted by Crippen LogP contribution is 2.34. The minimum atomic E-state index is -0.552. The maximum atomic E-state index is 13.6. The van der Waals surface area contributed by atoms with E-state index in [1.54, 1.807) is 55.6 Å². The summed E-state index contributed by atoms with van der Waals surface area (Å²) >= 11 is 7.46. The van der Waals surface area contributed by atoms with E-state index in [4.69, 9.17) is 16.3 Å². The number of benzene rings is 2. The van der Waals surface area contributed by atoms with Crippen molar-refractivity contribution in [2.75, 3.05) is 12.4 Å². The largest absolute Gasteiger partial charge is 0.497 e. The number of thiophene rings is 1. The summed E-state index contributed by atoms with van der Waals surface area (Å²) in [7, 11) is 1.57. The zero-order valence-corrected chi connectivity index (χ0v) is 20.0. The molecule has 2 heterocycles. The van der Waals surface area contributed by atoms with Crippen molar-refractivity contribution in [3.63, 3.8) is 0 Å². The van der Waals surface area contributed by atoms with Crippen molar-refractivity contribution in [3.8, 4) is 11.4 Å². The van der Waals surface area contributed by atoms with Gasteiger partial charge in [0, 0.05) is 15.6 Å². The Morgan fingerprint density at radius 3 is 2.47 bits per heavy atom. The maximum absolute atomic E-state index is 13.6. The zero-order chi connectivity index (χ0) is 23.8. The van der Waals surface area contributed by atoms with Crippen molar-refractivity contribution < 1.29 is 9.53 Å². The van der Waals surface area contributed by atoms with Crippen LogP contribution in [0.25, 0.3) is 15.9 Å². The second kappa shape index (κ2) is 9.12. The van der Waals surface area contributed by atoms with Gasteiger partial charge in [-0.15, -0.1) is 11.3 Å². The van der Waals surface area contributed by atoms with Gasteiger partial charge in [0.2, 0.25) is 5.91 Å². The Balaban J connectivity index is 1.63. The average Bonchev–Trinajstić information content (AvgIpc) is 3.23. The van der Waals surface area contributed by atoms with E-state index >= 15 is 0 Å². The smallest absolute Gasteiger partial charge is 0.337 e. The fraction of sp³-hybridized carbons (Fsp3) is 0.240. The number of aromatic nitrogens is 2. The maximum Gasteiger partial charge on any atom is 0.337 e. The number of nitrogens with zero attached hydrogens (tertiary/aromatic N) is 2. The van der Waals surface area contributed by atoms with E-state index < -0.39 is 5.69 Å². The highest BCUT2D eigenvalue weighted by molar-refractivity contribution is 7.18. The molecule has 4 aromatic rings. The number of carbonyl (C=O) groups is 1. The molecule has 5 rings (SSSR count). The van der Waals surface area contributed by atoms with Gasteiger partial charge in [0.1, 0.15) is 17.1 Å². The predicted octanol–water partition coefficient (Wildman–Crippen LogP) is 4.39. The Labute approximate surface area is 204 Å². The van der Waals surface area contributed by atoms with Gasteiger partial charge >= 0.3 is 5.69 Å². The number of amides is 1. The number of fused-ring (bicyclic) bond motifs is 3. The molecule has 0 aliphatic heterocycles. The summed E-state index contributed by atoms with van der Waals surface area (Å²) in [6.07, 6.45) is 3.71. The summed E-state index contributed by atoms with van der Waals surface area (Å²) in [6, 6.07) is 13.5. The first kappa shape index (κ1) is 22.4. The predicted molar refractivity (Wildman–Crippen MR) is 135 cm³/mol. The molecule has 1 amide bonds. The topological polar surface area (TPSA) is 82.3 Å². The lowest BCUT2D eigenvalue weighted by Crippen LogP contribution is -2.40. The number of nitrogens with one attached hydrogen (secondary N) is 1. The van der Waals surface area contributed by atoms with Crippen molar-refractivity contribution in [2.24, 2.45) is 0 Å². The Hall–Kier alpha value is -3.36. The number of hydrogen-bond acceptors (Lipinski definition) is 5. The summed E-state index contributed by atoms with van der Waals surface area (Å²) in [5, 5.41) is 3.86. The molecule has 0 unspecified atom stereocenters. The number of halogens is 1. The van der Waals surface area contributed by atoms with Gasteiger partial charge in [0.05, 0.1) is 18.2 Å². The summed E-state index contributed by atoms with van der Waals surface area (Å²) < 4.78 is 7.70. The molecule has 0 radical (unpaired) electrons. The molecule has 0 spiro atoms. The van der Waals surface area contributed by atoms with Crippen LogP contribution in [0.1, 0.15) is 23.3 Å². The summed E-state index contributed by atoms with van der Waals surface area (Å²) in [4.78, 5) is 41.8. The van der Waals surface area contributed by atoms with Gasteiger partial charge in [0.15, 0.2) is 0 Å². The van der Waals surface area contributed by atoms with Crippen LogP contribution in [0.4, 0.5) is 5.69 Å². The minimum absolute atomic E-state index is 0.214. The van der Waals surface area contributed by atoms with Gasteiger partial charge in [-0.2, -0.15) is 0 Å². The van der Waals surface area contributed by atoms with E-state index in [1.165, 1.54) is 15.9 Å². The van der Waals surface area contributed by atoms with E-state index in [9.17, 15) is 14.4 Å². The first-order valence-electron chi connectivity index (χ1n) is 11.0. The Bertz CT molecular complexity index is 1500. The Morgan fingerprint density at radius 1 is 1.06 bits per heavy atom. The van der Waals surface area contributed by atoms with E-state index in [-0.39, 0.29) is 18.0 Å². The standard InChI is InChI=1S/C25H22ClN3O4S/c1-33-18-12-8-16(9-13-18)27-21(30)14-28-24-22(19-4-2-3-5-20(19)34-24)23(31)29(25(28)32)17-10-6-15(26)7-11-17/h6-13H,2-5,14H2,1H3,(H,27,30). The van der Waals surface area contributed by atoms with Crippen LogP contribution in [0.3, 0.4) is 0 Å². The first-order valence-corrected chi connectivity index (χ1v) is 12.2. The summed E-state index contributed by atoms with van der Waals surface area (Å²) in [6.45, 7) is -0.214. The van der Waals surface area contributed by atoms with Gasteiger partial charge in [-0.1, -0.05) is 11.6 Å². The zero-order valence-electron chi connectivity index (χ0n) is 18.5. The van der Waals surface area contributed by atoms with Crippen LogP contribution in [0.2, 0.25) is 5.02 Å². The molecule has 2 aromatic carbocycles. The normalized spacial score (nSPS) is 13.0. The molecule has 0 atom stereocenters. The lowest BCUT2D eigenvalue weighted by atomic mass is 9.97. The molecule has 0 bridgehead atoms. The SMILES string of the molecule is COc1ccc(NC(=O)Cn2c(=O)n(-c3ccc(Cl)cc3)c(=O)c3c4c(sc32)CCCC4)cc1. The molecule has 0 saturated heterocycles. The van der Waals surface area contributed by atoms with Gasteiger partial charge in [0.25, 0.3) is 5.56 Å². The van der Waals surface area contributed by atoms with Gasteiger partial charge in [-0.05, 0) is 79.8 Å². The molecule has 1 aliphatic rings. The minimum Gasteiger partial charge on any atom is -0.497 e. The third-order valence-electron chi connectivity index (χ3n) is 6.00. The van der Waals surface area contributed by atoms with Crippen molar-refractivity contribution in [3.05, 3.63) is 84.8 Å². The molecule has 0 saturated carbocycles. The summed E-state index contributed by atoms with van der Waals surface area (Å²) in [5.74, 6) is 0.316. The molecule has 9 heteroatoms. The molecular weight excluding hydrogens is 474 g/mol. The van der Waals surface area contributed by atoms with E-state index in [1.807, 2.05) is 0 Å². The monoisotopic (exact) mass is 495 g/mol. The summed E-state index contributed by atoms with van der Waals surface area (Å²) in [5.41, 5.74) is 1.10. The fourth-order valence-electron chi connectivity index (χ4n) is 4.34. The highest BCUT2D eigenvalue weighted by Gasteiger charge is 2.25. The van der Waals surface area contributed by atoms with E-state index in [0.29, 0.717) is 32.4 Å². The highest BCUT2D eigenvalue weighted by atomic mass is 35.5. The number of carbonyl (C=O) groups excluding carboxylic acids is 1. The Kier molecular flexibility index (Phi) is 6.02. The number of aryl methyl sites for hydroxylation is 2. The number of rotatable bonds is 5. The van der Waals surface area contributed by atoms with Gasteiger partial charge in [-0.25, -0.2) is 9.36 Å².